The molecule has 8 nitrogen and oxygen atoms in total. The van der Waals surface area contributed by atoms with Crippen molar-refractivity contribution in [1.82, 2.24) is 18.7 Å². The normalized spacial score (nSPS) is 12.0. The fraction of sp³-hybridized carbons (Fsp3) is 0.429. The minimum absolute atomic E-state index is 0.317. The van der Waals surface area contributed by atoms with E-state index in [0.29, 0.717) is 17.1 Å². The van der Waals surface area contributed by atoms with E-state index < -0.39 is 11.9 Å². The predicted octanol–water partition coefficient (Wildman–Crippen LogP) is 2.04. The van der Waals surface area contributed by atoms with E-state index in [-0.39, 0.29) is 11.2 Å². The molecule has 1 unspecified atom stereocenters. The number of aryl methyl sites for hydroxylation is 2. The summed E-state index contributed by atoms with van der Waals surface area (Å²) in [4.78, 5) is 37.9. The summed E-state index contributed by atoms with van der Waals surface area (Å²) in [6, 6.07) is 7.87. The first-order chi connectivity index (χ1) is 13.5. The van der Waals surface area contributed by atoms with Crippen LogP contribution in [0.5, 0.6) is 0 Å². The molecule has 0 bridgehead atoms. The minimum Gasteiger partial charge on any atom is -0.481 e. The molecule has 8 heteroatoms. The molecular formula is C21H28N4O4. The van der Waals surface area contributed by atoms with Crippen molar-refractivity contribution in [2.24, 2.45) is 27.1 Å². The van der Waals surface area contributed by atoms with Crippen LogP contribution in [0.1, 0.15) is 37.8 Å². The number of nitrogens with zero attached hydrogens (tertiary/aromatic N) is 4. The molecule has 3 rings (SSSR count). The first-order valence-corrected chi connectivity index (χ1v) is 9.43. The molecule has 0 saturated heterocycles. The number of carboxylic acids is 1. The first kappa shape index (κ1) is 22.1. The first-order valence-electron chi connectivity index (χ1n) is 9.43. The molecule has 1 aromatic carbocycles. The van der Waals surface area contributed by atoms with E-state index in [4.69, 9.17) is 5.11 Å². The van der Waals surface area contributed by atoms with Gasteiger partial charge in [-0.1, -0.05) is 38.1 Å². The molecule has 2 heterocycles. The highest BCUT2D eigenvalue weighted by Gasteiger charge is 2.13. The van der Waals surface area contributed by atoms with Crippen LogP contribution in [0.4, 0.5) is 0 Å². The Kier molecular flexibility index (Phi) is 6.79. The van der Waals surface area contributed by atoms with Crippen LogP contribution in [0.3, 0.4) is 0 Å². The second kappa shape index (κ2) is 8.89. The minimum atomic E-state index is -0.772. The van der Waals surface area contributed by atoms with Crippen LogP contribution < -0.4 is 11.2 Å². The molecule has 3 aromatic rings. The van der Waals surface area contributed by atoms with Crippen LogP contribution in [0.2, 0.25) is 0 Å². The quantitative estimate of drug-likeness (QED) is 0.723. The van der Waals surface area contributed by atoms with E-state index in [1.54, 1.807) is 25.6 Å². The number of aliphatic carboxylic acids is 1. The molecule has 29 heavy (non-hydrogen) atoms. The zero-order valence-electron chi connectivity index (χ0n) is 17.7. The van der Waals surface area contributed by atoms with Gasteiger partial charge in [-0.3, -0.25) is 18.7 Å². The summed E-state index contributed by atoms with van der Waals surface area (Å²) >= 11 is 0. The van der Waals surface area contributed by atoms with E-state index in [2.05, 4.69) is 18.8 Å². The second-order valence-electron chi connectivity index (χ2n) is 7.63. The van der Waals surface area contributed by atoms with Gasteiger partial charge in [0.2, 0.25) is 0 Å². The lowest BCUT2D eigenvalue weighted by Gasteiger charge is -2.09. The molecule has 0 aliphatic carbocycles. The third-order valence-electron chi connectivity index (χ3n) is 4.81. The lowest BCUT2D eigenvalue weighted by molar-refractivity contribution is -0.138. The van der Waals surface area contributed by atoms with Crippen molar-refractivity contribution in [3.63, 3.8) is 0 Å². The summed E-state index contributed by atoms with van der Waals surface area (Å²) in [6.07, 6.45) is 2.56. The van der Waals surface area contributed by atoms with Crippen molar-refractivity contribution in [3.05, 3.63) is 62.6 Å². The van der Waals surface area contributed by atoms with E-state index in [1.807, 2.05) is 24.3 Å². The van der Waals surface area contributed by atoms with Gasteiger partial charge in [0.05, 0.1) is 12.2 Å². The van der Waals surface area contributed by atoms with Gasteiger partial charge < -0.3 is 9.67 Å². The topological polar surface area (TPSA) is 99.1 Å². The zero-order chi connectivity index (χ0) is 21.9. The third kappa shape index (κ3) is 4.82. The van der Waals surface area contributed by atoms with E-state index in [0.717, 1.165) is 16.6 Å². The van der Waals surface area contributed by atoms with Gasteiger partial charge in [-0.05, 0) is 30.4 Å². The fourth-order valence-electron chi connectivity index (χ4n) is 3.03. The average molecular weight is 400 g/mol. The molecule has 0 aliphatic heterocycles. The number of fused-ring (bicyclic) bond motifs is 1. The molecule has 0 aliphatic rings. The molecule has 156 valence electrons. The predicted molar refractivity (Wildman–Crippen MR) is 112 cm³/mol. The van der Waals surface area contributed by atoms with Crippen LogP contribution in [0.25, 0.3) is 11.2 Å². The van der Waals surface area contributed by atoms with Crippen molar-refractivity contribution in [1.29, 1.82) is 0 Å². The Hall–Kier alpha value is -3.16. The number of aromatic nitrogens is 4. The highest BCUT2D eigenvalue weighted by molar-refractivity contribution is 5.75. The average Bonchev–Trinajstić information content (AvgIpc) is 3.06. The number of benzene rings is 1. The Morgan fingerprint density at radius 2 is 1.62 bits per heavy atom. The fourth-order valence-corrected chi connectivity index (χ4v) is 3.03. The van der Waals surface area contributed by atoms with Gasteiger partial charge in [-0.15, -0.1) is 0 Å². The van der Waals surface area contributed by atoms with Crippen LogP contribution in [0.15, 0.2) is 40.2 Å². The Labute approximate surface area is 169 Å². The molecule has 0 radical (unpaired) electrons. The summed E-state index contributed by atoms with van der Waals surface area (Å²) in [7, 11) is 4.77. The monoisotopic (exact) mass is 400 g/mol. The highest BCUT2D eigenvalue weighted by Crippen LogP contribution is 2.17. The van der Waals surface area contributed by atoms with Gasteiger partial charge in [0.25, 0.3) is 5.56 Å². The molecule has 0 saturated carbocycles. The Morgan fingerprint density at radius 3 is 2.14 bits per heavy atom. The Balaban J connectivity index is 0.000000207. The summed E-state index contributed by atoms with van der Waals surface area (Å²) in [6.45, 7) is 6.06. The molecule has 1 atom stereocenters. The number of imidazole rings is 1. The lowest BCUT2D eigenvalue weighted by Crippen LogP contribution is -2.37. The molecule has 0 amide bonds. The van der Waals surface area contributed by atoms with Gasteiger partial charge >= 0.3 is 11.7 Å². The van der Waals surface area contributed by atoms with Crippen LogP contribution >= 0.6 is 0 Å². The molecule has 0 fully saturated rings. The summed E-state index contributed by atoms with van der Waals surface area (Å²) < 4.78 is 4.04. The van der Waals surface area contributed by atoms with Crippen molar-refractivity contribution in [3.8, 4) is 0 Å². The van der Waals surface area contributed by atoms with Crippen LogP contribution in [-0.2, 0) is 32.4 Å². The van der Waals surface area contributed by atoms with Gasteiger partial charge in [0.1, 0.15) is 0 Å². The van der Waals surface area contributed by atoms with Gasteiger partial charge in [-0.25, -0.2) is 9.78 Å². The maximum atomic E-state index is 11.7. The summed E-state index contributed by atoms with van der Waals surface area (Å²) in [5.41, 5.74) is 2.32. The van der Waals surface area contributed by atoms with Gasteiger partial charge in [-0.2, -0.15) is 0 Å². The van der Waals surface area contributed by atoms with E-state index in [1.165, 1.54) is 23.5 Å². The van der Waals surface area contributed by atoms with Gasteiger partial charge in [0, 0.05) is 21.1 Å². The molecular weight excluding hydrogens is 372 g/mol. The second-order valence-corrected chi connectivity index (χ2v) is 7.63. The lowest BCUT2D eigenvalue weighted by atomic mass is 9.97. The Bertz CT molecular complexity index is 1120. The van der Waals surface area contributed by atoms with E-state index >= 15 is 0 Å². The van der Waals surface area contributed by atoms with E-state index in [9.17, 15) is 14.4 Å². The summed E-state index contributed by atoms with van der Waals surface area (Å²) in [5, 5.41) is 8.85. The van der Waals surface area contributed by atoms with Crippen LogP contribution in [0, 0.1) is 5.92 Å². The highest BCUT2D eigenvalue weighted by atomic mass is 16.4. The number of rotatable bonds is 4. The number of hydrogen-bond acceptors (Lipinski definition) is 4. The van der Waals surface area contributed by atoms with Gasteiger partial charge in [0.15, 0.2) is 11.2 Å². The van der Waals surface area contributed by atoms with Crippen LogP contribution in [-0.4, -0.2) is 29.8 Å². The van der Waals surface area contributed by atoms with Crippen molar-refractivity contribution >= 4 is 17.1 Å². The SMILES string of the molecule is CC(C)Cc1ccc(C(C)C(=O)O)cc1.Cn1c(=O)c2c(ncn2C)n(C)c1=O. The molecule has 2 aromatic heterocycles. The standard InChI is InChI=1S/C13H18O2.C8H10N4O2/c1-9(2)8-11-4-6-12(7-5-11)10(3)13(14)15;1-10-4-9-6-5(10)7(13)12(3)8(14)11(6)2/h4-7,9-10H,8H2,1-3H3,(H,14,15);4H,1-3H3. The van der Waals surface area contributed by atoms with Crippen molar-refractivity contribution in [2.75, 3.05) is 0 Å². The van der Waals surface area contributed by atoms with Crippen molar-refractivity contribution in [2.45, 2.75) is 33.1 Å². The Morgan fingerprint density at radius 1 is 1.03 bits per heavy atom. The summed E-state index contributed by atoms with van der Waals surface area (Å²) in [5.74, 6) is -0.558. The largest absolute Gasteiger partial charge is 0.481 e. The third-order valence-corrected chi connectivity index (χ3v) is 4.81. The molecule has 0 spiro atoms. The zero-order valence-corrected chi connectivity index (χ0v) is 17.7. The maximum Gasteiger partial charge on any atom is 0.332 e. The molecule has 1 N–H and O–H groups in total. The maximum absolute atomic E-state index is 11.7. The number of carboxylic acid groups (broad SMARTS) is 1. The number of hydrogen-bond donors (Lipinski definition) is 1. The smallest absolute Gasteiger partial charge is 0.332 e. The number of carbonyl (C=O) groups is 1. The van der Waals surface area contributed by atoms with Crippen molar-refractivity contribution < 1.29 is 9.90 Å².